The Kier molecular flexibility index (Phi) is 1.72. The van der Waals surface area contributed by atoms with E-state index in [4.69, 9.17) is 5.26 Å². The maximum atomic E-state index is 10.8. The van der Waals surface area contributed by atoms with Crippen LogP contribution in [0.5, 0.6) is 0 Å². The van der Waals surface area contributed by atoms with Crippen LogP contribution in [0.3, 0.4) is 0 Å². The Morgan fingerprint density at radius 2 is 2.60 bits per heavy atom. The zero-order chi connectivity index (χ0) is 7.56. The second kappa shape index (κ2) is 2.53. The standard InChI is InChI=1S/C7H8N2O/c1-2-5-3-6(5)7(10)9-4-8/h2,5-6H,1,3H2,(H,9,10)/t5-,6+/m1/s1. The number of carbonyl (C=O) groups is 1. The van der Waals surface area contributed by atoms with Gasteiger partial charge in [0, 0.05) is 5.92 Å². The minimum absolute atomic E-state index is 0.0112. The minimum Gasteiger partial charge on any atom is -0.274 e. The molecule has 1 aliphatic carbocycles. The number of hydrogen-bond acceptors (Lipinski definition) is 2. The van der Waals surface area contributed by atoms with Gasteiger partial charge in [0.1, 0.15) is 0 Å². The lowest BCUT2D eigenvalue weighted by Gasteiger charge is -1.89. The van der Waals surface area contributed by atoms with E-state index in [1.807, 2.05) is 0 Å². The maximum absolute atomic E-state index is 10.8. The Morgan fingerprint density at radius 1 is 1.90 bits per heavy atom. The fraction of sp³-hybridized carbons (Fsp3) is 0.429. The molecule has 0 saturated heterocycles. The van der Waals surface area contributed by atoms with Gasteiger partial charge in [-0.05, 0) is 12.3 Å². The molecular weight excluding hydrogens is 128 g/mol. The number of nitrogens with zero attached hydrogens (tertiary/aromatic N) is 1. The molecule has 1 aliphatic rings. The molecule has 1 N–H and O–H groups in total. The van der Waals surface area contributed by atoms with Gasteiger partial charge in [0.2, 0.25) is 5.91 Å². The molecule has 1 saturated carbocycles. The molecule has 1 amide bonds. The topological polar surface area (TPSA) is 52.9 Å². The number of hydrogen-bond donors (Lipinski definition) is 1. The Bertz CT molecular complexity index is 204. The SMILES string of the molecule is C=C[C@@H]1C[C@@H]1C(=O)NC#N. The lowest BCUT2D eigenvalue weighted by molar-refractivity contribution is -0.121. The minimum atomic E-state index is -0.174. The van der Waals surface area contributed by atoms with E-state index in [-0.39, 0.29) is 11.8 Å². The highest BCUT2D eigenvalue weighted by Crippen LogP contribution is 2.39. The average Bonchev–Trinajstić information content (AvgIpc) is 2.66. The first-order valence-electron chi connectivity index (χ1n) is 3.11. The van der Waals surface area contributed by atoms with Gasteiger partial charge in [0.15, 0.2) is 6.19 Å². The monoisotopic (exact) mass is 136 g/mol. The van der Waals surface area contributed by atoms with Crippen molar-refractivity contribution < 1.29 is 4.79 Å². The molecule has 0 aromatic rings. The third-order valence-corrected chi connectivity index (χ3v) is 1.66. The number of nitrogens with one attached hydrogen (secondary N) is 1. The second-order valence-electron chi connectivity index (χ2n) is 2.34. The van der Waals surface area contributed by atoms with Gasteiger partial charge in [0.25, 0.3) is 0 Å². The smallest absolute Gasteiger partial charge is 0.236 e. The normalized spacial score (nSPS) is 28.3. The fourth-order valence-corrected chi connectivity index (χ4v) is 0.924. The highest BCUT2D eigenvalue weighted by molar-refractivity contribution is 5.83. The quantitative estimate of drug-likeness (QED) is 0.339. The van der Waals surface area contributed by atoms with Crippen molar-refractivity contribution in [3.8, 4) is 6.19 Å². The summed E-state index contributed by atoms with van der Waals surface area (Å²) in [6.45, 7) is 3.55. The number of carbonyl (C=O) groups excluding carboxylic acids is 1. The first kappa shape index (κ1) is 6.81. The molecular formula is C7H8N2O. The van der Waals surface area contributed by atoms with E-state index in [2.05, 4.69) is 11.9 Å². The molecule has 0 aromatic heterocycles. The highest BCUT2D eigenvalue weighted by atomic mass is 16.2. The predicted molar refractivity (Wildman–Crippen MR) is 35.5 cm³/mol. The molecule has 0 bridgehead atoms. The van der Waals surface area contributed by atoms with Crippen LogP contribution in [0.2, 0.25) is 0 Å². The van der Waals surface area contributed by atoms with Gasteiger partial charge in [-0.2, -0.15) is 5.26 Å². The predicted octanol–water partition coefficient (Wildman–Crippen LogP) is 0.406. The van der Waals surface area contributed by atoms with Crippen LogP contribution in [-0.2, 0) is 4.79 Å². The first-order valence-corrected chi connectivity index (χ1v) is 3.11. The van der Waals surface area contributed by atoms with E-state index >= 15 is 0 Å². The summed E-state index contributed by atoms with van der Waals surface area (Å²) in [5.74, 6) is 0.137. The van der Waals surface area contributed by atoms with Gasteiger partial charge >= 0.3 is 0 Å². The molecule has 0 heterocycles. The number of rotatable bonds is 2. The summed E-state index contributed by atoms with van der Waals surface area (Å²) >= 11 is 0. The largest absolute Gasteiger partial charge is 0.274 e. The van der Waals surface area contributed by atoms with Gasteiger partial charge in [-0.1, -0.05) is 6.08 Å². The Balaban J connectivity index is 2.34. The highest BCUT2D eigenvalue weighted by Gasteiger charge is 2.40. The van der Waals surface area contributed by atoms with E-state index in [9.17, 15) is 4.79 Å². The number of nitriles is 1. The van der Waals surface area contributed by atoms with Gasteiger partial charge in [-0.15, -0.1) is 6.58 Å². The Labute approximate surface area is 59.3 Å². The van der Waals surface area contributed by atoms with Crippen LogP contribution in [0.25, 0.3) is 0 Å². The van der Waals surface area contributed by atoms with Crippen LogP contribution in [0.4, 0.5) is 0 Å². The van der Waals surface area contributed by atoms with Gasteiger partial charge in [0.05, 0.1) is 0 Å². The van der Waals surface area contributed by atoms with Crippen LogP contribution in [0.1, 0.15) is 6.42 Å². The fourth-order valence-electron chi connectivity index (χ4n) is 0.924. The lowest BCUT2D eigenvalue weighted by atomic mass is 10.3. The van der Waals surface area contributed by atoms with Crippen molar-refractivity contribution >= 4 is 5.91 Å². The van der Waals surface area contributed by atoms with Crippen molar-refractivity contribution in [2.75, 3.05) is 0 Å². The summed E-state index contributed by atoms with van der Waals surface area (Å²) in [6.07, 6.45) is 4.20. The summed E-state index contributed by atoms with van der Waals surface area (Å²) in [4.78, 5) is 10.8. The van der Waals surface area contributed by atoms with Crippen LogP contribution in [-0.4, -0.2) is 5.91 Å². The third-order valence-electron chi connectivity index (χ3n) is 1.66. The van der Waals surface area contributed by atoms with Gasteiger partial charge in [-0.3, -0.25) is 10.1 Å². The van der Waals surface area contributed by atoms with E-state index in [0.717, 1.165) is 6.42 Å². The molecule has 0 unspecified atom stereocenters. The first-order chi connectivity index (χ1) is 4.79. The molecule has 10 heavy (non-hydrogen) atoms. The molecule has 0 radical (unpaired) electrons. The molecule has 52 valence electrons. The Morgan fingerprint density at radius 3 is 3.00 bits per heavy atom. The van der Waals surface area contributed by atoms with Crippen molar-refractivity contribution in [3.05, 3.63) is 12.7 Å². The summed E-state index contributed by atoms with van der Waals surface area (Å²) in [7, 11) is 0. The molecule has 1 rings (SSSR count). The van der Waals surface area contributed by atoms with Crippen LogP contribution < -0.4 is 5.32 Å². The van der Waals surface area contributed by atoms with Crippen molar-refractivity contribution in [2.24, 2.45) is 11.8 Å². The molecule has 0 aliphatic heterocycles. The molecule has 1 fully saturated rings. The second-order valence-corrected chi connectivity index (χ2v) is 2.34. The van der Waals surface area contributed by atoms with Crippen molar-refractivity contribution in [2.45, 2.75) is 6.42 Å². The maximum Gasteiger partial charge on any atom is 0.236 e. The molecule has 3 nitrogen and oxygen atoms in total. The molecule has 0 spiro atoms. The summed E-state index contributed by atoms with van der Waals surface area (Å²) < 4.78 is 0. The van der Waals surface area contributed by atoms with E-state index < -0.39 is 0 Å². The van der Waals surface area contributed by atoms with Crippen molar-refractivity contribution in [3.63, 3.8) is 0 Å². The van der Waals surface area contributed by atoms with Crippen LogP contribution >= 0.6 is 0 Å². The zero-order valence-electron chi connectivity index (χ0n) is 5.50. The van der Waals surface area contributed by atoms with Gasteiger partial charge < -0.3 is 0 Å². The van der Waals surface area contributed by atoms with Gasteiger partial charge in [-0.25, -0.2) is 0 Å². The summed E-state index contributed by atoms with van der Waals surface area (Å²) in [5.41, 5.74) is 0. The lowest BCUT2D eigenvalue weighted by Crippen LogP contribution is -2.19. The van der Waals surface area contributed by atoms with Crippen LogP contribution in [0, 0.1) is 23.3 Å². The van der Waals surface area contributed by atoms with E-state index in [0.29, 0.717) is 5.92 Å². The summed E-state index contributed by atoms with van der Waals surface area (Å²) in [6, 6.07) is 0. The van der Waals surface area contributed by atoms with Crippen molar-refractivity contribution in [1.29, 1.82) is 5.26 Å². The molecule has 3 heteroatoms. The Hall–Kier alpha value is -1.30. The zero-order valence-corrected chi connectivity index (χ0v) is 5.50. The molecule has 2 atom stereocenters. The summed E-state index contributed by atoms with van der Waals surface area (Å²) in [5, 5.41) is 10.2. The van der Waals surface area contributed by atoms with E-state index in [1.54, 1.807) is 12.3 Å². The van der Waals surface area contributed by atoms with Crippen LogP contribution in [0.15, 0.2) is 12.7 Å². The van der Waals surface area contributed by atoms with Crippen molar-refractivity contribution in [1.82, 2.24) is 5.32 Å². The number of allylic oxidation sites excluding steroid dienone is 1. The third kappa shape index (κ3) is 1.16. The molecule has 0 aromatic carbocycles. The number of amides is 1. The average molecular weight is 136 g/mol. The van der Waals surface area contributed by atoms with E-state index in [1.165, 1.54) is 0 Å².